The molecule has 1 fully saturated rings. The summed E-state index contributed by atoms with van der Waals surface area (Å²) in [7, 11) is 0. The van der Waals surface area contributed by atoms with Gasteiger partial charge in [0.25, 0.3) is 5.69 Å². The van der Waals surface area contributed by atoms with Crippen LogP contribution in [-0.2, 0) is 0 Å². The molecule has 4 nitrogen and oxygen atoms in total. The quantitative estimate of drug-likeness (QED) is 0.656. The Morgan fingerprint density at radius 2 is 2.12 bits per heavy atom. The van der Waals surface area contributed by atoms with Crippen LogP contribution in [0.4, 0.5) is 11.4 Å². The molecular weight excluding hydrogens is 240 g/mol. The number of nitrogens with zero attached hydrogens (tertiary/aromatic N) is 1. The van der Waals surface area contributed by atoms with E-state index in [1.54, 1.807) is 12.1 Å². The molecule has 1 aromatic rings. The summed E-state index contributed by atoms with van der Waals surface area (Å²) in [6.45, 7) is 0.888. The summed E-state index contributed by atoms with van der Waals surface area (Å²) in [4.78, 5) is 10.3. The average Bonchev–Trinajstić information content (AvgIpc) is 2.80. The topological polar surface area (TPSA) is 55.2 Å². The number of hydrogen-bond donors (Lipinski definition) is 1. The predicted octanol–water partition coefficient (Wildman–Crippen LogP) is 3.85. The normalized spacial score (nSPS) is 16.1. The second-order valence-corrected chi connectivity index (χ2v) is 4.86. The van der Waals surface area contributed by atoms with Gasteiger partial charge in [-0.1, -0.05) is 24.4 Å². The highest BCUT2D eigenvalue weighted by Crippen LogP contribution is 2.29. The van der Waals surface area contributed by atoms with Gasteiger partial charge in [0.05, 0.1) is 4.92 Å². The van der Waals surface area contributed by atoms with Crippen molar-refractivity contribution in [3.05, 3.63) is 33.3 Å². The maximum atomic E-state index is 10.7. The monoisotopic (exact) mass is 254 g/mol. The van der Waals surface area contributed by atoms with Crippen molar-refractivity contribution >= 4 is 23.0 Å². The summed E-state index contributed by atoms with van der Waals surface area (Å²) in [5, 5.41) is 14.2. The van der Waals surface area contributed by atoms with Gasteiger partial charge in [-0.25, -0.2) is 0 Å². The number of nitro benzene ring substituents is 1. The lowest BCUT2D eigenvalue weighted by Crippen LogP contribution is -2.10. The number of benzene rings is 1. The Balaban J connectivity index is 2.00. The third-order valence-corrected chi connectivity index (χ3v) is 3.53. The Kier molecular flexibility index (Phi) is 3.84. The third-order valence-electron chi connectivity index (χ3n) is 3.21. The van der Waals surface area contributed by atoms with Gasteiger partial charge < -0.3 is 5.32 Å². The van der Waals surface area contributed by atoms with Gasteiger partial charge in [-0.15, -0.1) is 0 Å². The van der Waals surface area contributed by atoms with E-state index in [-0.39, 0.29) is 10.7 Å². The minimum absolute atomic E-state index is 0.0388. The van der Waals surface area contributed by atoms with Gasteiger partial charge in [0.1, 0.15) is 5.02 Å². The first-order chi connectivity index (χ1) is 8.16. The number of nitrogens with one attached hydrogen (secondary N) is 1. The van der Waals surface area contributed by atoms with Crippen LogP contribution in [0, 0.1) is 16.0 Å². The molecule has 1 N–H and O–H groups in total. The van der Waals surface area contributed by atoms with Gasteiger partial charge in [-0.3, -0.25) is 10.1 Å². The average molecular weight is 255 g/mol. The van der Waals surface area contributed by atoms with E-state index < -0.39 is 4.92 Å². The van der Waals surface area contributed by atoms with Crippen LogP contribution in [0.15, 0.2) is 18.2 Å². The molecule has 1 aliphatic carbocycles. The number of halogens is 1. The van der Waals surface area contributed by atoms with Crippen LogP contribution in [0.25, 0.3) is 0 Å². The van der Waals surface area contributed by atoms with Gasteiger partial charge in [0, 0.05) is 18.3 Å². The summed E-state index contributed by atoms with van der Waals surface area (Å²) in [6.07, 6.45) is 5.10. The largest absolute Gasteiger partial charge is 0.385 e. The maximum Gasteiger partial charge on any atom is 0.289 e. The molecular formula is C12H15ClN2O2. The predicted molar refractivity (Wildman–Crippen MR) is 68.6 cm³/mol. The van der Waals surface area contributed by atoms with Gasteiger partial charge in [0.2, 0.25) is 0 Å². The lowest BCUT2D eigenvalue weighted by Gasteiger charge is -2.11. The first kappa shape index (κ1) is 12.2. The second-order valence-electron chi connectivity index (χ2n) is 4.45. The van der Waals surface area contributed by atoms with E-state index >= 15 is 0 Å². The van der Waals surface area contributed by atoms with Gasteiger partial charge in [-0.05, 0) is 30.9 Å². The lowest BCUT2D eigenvalue weighted by molar-refractivity contribution is -0.384. The highest BCUT2D eigenvalue weighted by atomic mass is 35.5. The van der Waals surface area contributed by atoms with E-state index in [1.165, 1.54) is 31.7 Å². The molecule has 0 saturated heterocycles. The summed E-state index contributed by atoms with van der Waals surface area (Å²) < 4.78 is 0. The van der Waals surface area contributed by atoms with Crippen molar-refractivity contribution in [2.75, 3.05) is 11.9 Å². The van der Waals surface area contributed by atoms with Crippen LogP contribution >= 0.6 is 11.6 Å². The fourth-order valence-corrected chi connectivity index (χ4v) is 2.43. The Hall–Kier alpha value is -1.29. The molecule has 17 heavy (non-hydrogen) atoms. The molecule has 0 spiro atoms. The Morgan fingerprint density at radius 3 is 2.76 bits per heavy atom. The molecule has 1 aromatic carbocycles. The standard InChI is InChI=1S/C12H15ClN2O2/c13-11-6-5-10(7-12(11)15(16)17)14-8-9-3-1-2-4-9/h5-7,9,14H,1-4,8H2. The van der Waals surface area contributed by atoms with Crippen molar-refractivity contribution in [2.24, 2.45) is 5.92 Å². The minimum atomic E-state index is -0.455. The first-order valence-electron chi connectivity index (χ1n) is 5.84. The van der Waals surface area contributed by atoms with E-state index in [0.29, 0.717) is 5.92 Å². The van der Waals surface area contributed by atoms with Gasteiger partial charge in [-0.2, -0.15) is 0 Å². The second kappa shape index (κ2) is 5.36. The van der Waals surface area contributed by atoms with Crippen LogP contribution in [0.1, 0.15) is 25.7 Å². The summed E-state index contributed by atoms with van der Waals surface area (Å²) in [5.41, 5.74) is 0.732. The number of rotatable bonds is 4. The van der Waals surface area contributed by atoms with Crippen LogP contribution in [0.3, 0.4) is 0 Å². The zero-order chi connectivity index (χ0) is 12.3. The molecule has 0 bridgehead atoms. The zero-order valence-electron chi connectivity index (χ0n) is 9.49. The van der Waals surface area contributed by atoms with E-state index in [9.17, 15) is 10.1 Å². The van der Waals surface area contributed by atoms with Gasteiger partial charge in [0.15, 0.2) is 0 Å². The zero-order valence-corrected chi connectivity index (χ0v) is 10.2. The van der Waals surface area contributed by atoms with Crippen LogP contribution in [0.5, 0.6) is 0 Å². The fraction of sp³-hybridized carbons (Fsp3) is 0.500. The summed E-state index contributed by atoms with van der Waals surface area (Å²) >= 11 is 5.75. The molecule has 0 aliphatic heterocycles. The van der Waals surface area contributed by atoms with Crippen molar-refractivity contribution in [3.8, 4) is 0 Å². The van der Waals surface area contributed by atoms with Crippen LogP contribution in [0.2, 0.25) is 5.02 Å². The van der Waals surface area contributed by atoms with Crippen molar-refractivity contribution < 1.29 is 4.92 Å². The highest BCUT2D eigenvalue weighted by Gasteiger charge is 2.16. The lowest BCUT2D eigenvalue weighted by atomic mass is 10.1. The van der Waals surface area contributed by atoms with Crippen molar-refractivity contribution in [3.63, 3.8) is 0 Å². The van der Waals surface area contributed by atoms with Crippen LogP contribution in [-0.4, -0.2) is 11.5 Å². The highest BCUT2D eigenvalue weighted by molar-refractivity contribution is 6.32. The van der Waals surface area contributed by atoms with Crippen molar-refractivity contribution in [2.45, 2.75) is 25.7 Å². The Morgan fingerprint density at radius 1 is 1.41 bits per heavy atom. The number of anilines is 1. The fourth-order valence-electron chi connectivity index (χ4n) is 2.24. The van der Waals surface area contributed by atoms with Crippen molar-refractivity contribution in [1.82, 2.24) is 0 Å². The van der Waals surface area contributed by atoms with Gasteiger partial charge >= 0.3 is 0 Å². The Labute approximate surface area is 105 Å². The third kappa shape index (κ3) is 3.09. The Bertz CT molecular complexity index is 417. The summed E-state index contributed by atoms with van der Waals surface area (Å²) in [6, 6.07) is 4.85. The maximum absolute atomic E-state index is 10.7. The molecule has 2 rings (SSSR count). The molecule has 1 aliphatic rings. The molecule has 92 valence electrons. The van der Waals surface area contributed by atoms with Crippen molar-refractivity contribution in [1.29, 1.82) is 0 Å². The SMILES string of the molecule is O=[N+]([O-])c1cc(NCC2CCCC2)ccc1Cl. The van der Waals surface area contributed by atoms with E-state index in [4.69, 9.17) is 11.6 Å². The molecule has 0 radical (unpaired) electrons. The molecule has 0 atom stereocenters. The van der Waals surface area contributed by atoms with E-state index in [2.05, 4.69) is 5.32 Å². The van der Waals surface area contributed by atoms with E-state index in [0.717, 1.165) is 12.2 Å². The van der Waals surface area contributed by atoms with Crippen LogP contribution < -0.4 is 5.32 Å². The molecule has 1 saturated carbocycles. The molecule has 0 amide bonds. The van der Waals surface area contributed by atoms with E-state index in [1.807, 2.05) is 0 Å². The molecule has 0 aromatic heterocycles. The molecule has 0 heterocycles. The summed E-state index contributed by atoms with van der Waals surface area (Å²) in [5.74, 6) is 0.699. The molecule has 0 unspecified atom stereocenters. The molecule has 5 heteroatoms. The minimum Gasteiger partial charge on any atom is -0.385 e. The smallest absolute Gasteiger partial charge is 0.289 e. The number of nitro groups is 1. The first-order valence-corrected chi connectivity index (χ1v) is 6.22. The number of hydrogen-bond acceptors (Lipinski definition) is 3.